The maximum atomic E-state index is 12.4. The number of rotatable bonds is 6. The van der Waals surface area contributed by atoms with Crippen molar-refractivity contribution in [1.82, 2.24) is 9.80 Å². The molecule has 3 amide bonds. The largest absolute Gasteiger partial charge is 0.480 e. The molecule has 2 saturated heterocycles. The highest BCUT2D eigenvalue weighted by molar-refractivity contribution is 7.86. The predicted octanol–water partition coefficient (Wildman–Crippen LogP) is -0.406. The number of hydrogen-bond acceptors (Lipinski definition) is 5. The summed E-state index contributed by atoms with van der Waals surface area (Å²) in [4.78, 5) is 49.8. The first-order valence-corrected chi connectivity index (χ1v) is 9.40. The van der Waals surface area contributed by atoms with Crippen LogP contribution in [0.4, 0.5) is 0 Å². The van der Waals surface area contributed by atoms with E-state index in [-0.39, 0.29) is 30.5 Å². The van der Waals surface area contributed by atoms with Crippen molar-refractivity contribution in [3.63, 3.8) is 0 Å². The van der Waals surface area contributed by atoms with Gasteiger partial charge in [-0.15, -0.1) is 0 Å². The molecule has 2 fully saturated rings. The summed E-state index contributed by atoms with van der Waals surface area (Å²) in [6.45, 7) is 3.87. The lowest BCUT2D eigenvalue weighted by Crippen LogP contribution is -2.44. The molecule has 9 heteroatoms. The summed E-state index contributed by atoms with van der Waals surface area (Å²) in [6.07, 6.45) is 0.944. The molecule has 0 saturated carbocycles. The summed E-state index contributed by atoms with van der Waals surface area (Å²) in [5, 5.41) is 8.25. The van der Waals surface area contributed by atoms with Gasteiger partial charge < -0.3 is 10.0 Å². The van der Waals surface area contributed by atoms with Crippen molar-refractivity contribution in [2.24, 2.45) is 5.92 Å². The molecule has 8 nitrogen and oxygen atoms in total. The minimum atomic E-state index is -1.65. The van der Waals surface area contributed by atoms with E-state index in [4.69, 9.17) is 5.11 Å². The van der Waals surface area contributed by atoms with Crippen LogP contribution < -0.4 is 0 Å². The number of aliphatic carboxylic acids is 1. The second kappa shape index (κ2) is 7.42. The highest BCUT2D eigenvalue weighted by Gasteiger charge is 2.42. The van der Waals surface area contributed by atoms with Crippen molar-refractivity contribution in [3.05, 3.63) is 0 Å². The summed E-state index contributed by atoms with van der Waals surface area (Å²) in [7, 11) is -1.65. The average Bonchev–Trinajstić information content (AvgIpc) is 3.11. The van der Waals surface area contributed by atoms with Crippen LogP contribution in [0.15, 0.2) is 0 Å². The molecule has 0 aromatic heterocycles. The Morgan fingerprint density at radius 1 is 1.38 bits per heavy atom. The number of nitrogens with zero attached hydrogens (tertiary/aromatic N) is 2. The molecule has 0 aliphatic carbocycles. The van der Waals surface area contributed by atoms with Crippen molar-refractivity contribution in [2.75, 3.05) is 18.8 Å². The maximum absolute atomic E-state index is 12.4. The van der Waals surface area contributed by atoms with E-state index in [2.05, 4.69) is 0 Å². The van der Waals surface area contributed by atoms with Crippen LogP contribution in [0, 0.1) is 5.92 Å². The van der Waals surface area contributed by atoms with Gasteiger partial charge in [-0.05, 0) is 19.8 Å². The van der Waals surface area contributed by atoms with Crippen LogP contribution in [0.3, 0.4) is 0 Å². The minimum absolute atomic E-state index is 0.0527. The fourth-order valence-corrected chi connectivity index (χ4v) is 4.74. The second-order valence-electron chi connectivity index (χ2n) is 6.15. The Morgan fingerprint density at radius 2 is 2.04 bits per heavy atom. The fraction of sp³-hybridized carbons (Fsp3) is 0.733. The first-order valence-electron chi connectivity index (χ1n) is 8.02. The predicted molar refractivity (Wildman–Crippen MR) is 85.3 cm³/mol. The van der Waals surface area contributed by atoms with Gasteiger partial charge in [0.05, 0.1) is 6.42 Å². The monoisotopic (exact) mass is 358 g/mol. The third-order valence-corrected chi connectivity index (χ3v) is 6.32. The van der Waals surface area contributed by atoms with E-state index in [0.717, 1.165) is 4.90 Å². The van der Waals surface area contributed by atoms with Gasteiger partial charge in [-0.3, -0.25) is 23.5 Å². The number of carboxylic acids is 1. The number of likely N-dealkylation sites (tertiary alicyclic amines) is 2. The van der Waals surface area contributed by atoms with Crippen molar-refractivity contribution >= 4 is 34.5 Å². The molecule has 0 radical (unpaired) electrons. The molecule has 0 bridgehead atoms. The topological polar surface area (TPSA) is 112 Å². The van der Waals surface area contributed by atoms with Crippen molar-refractivity contribution < 1.29 is 28.5 Å². The van der Waals surface area contributed by atoms with Crippen LogP contribution in [-0.4, -0.2) is 72.9 Å². The zero-order valence-corrected chi connectivity index (χ0v) is 14.6. The van der Waals surface area contributed by atoms with Crippen LogP contribution in [0.25, 0.3) is 0 Å². The Kier molecular flexibility index (Phi) is 5.74. The molecule has 2 aliphatic heterocycles. The quantitative estimate of drug-likeness (QED) is 0.646. The third kappa shape index (κ3) is 3.50. The van der Waals surface area contributed by atoms with Gasteiger partial charge in [-0.2, -0.15) is 0 Å². The first-order chi connectivity index (χ1) is 11.3. The van der Waals surface area contributed by atoms with Crippen LogP contribution in [0.2, 0.25) is 0 Å². The van der Waals surface area contributed by atoms with E-state index >= 15 is 0 Å². The van der Waals surface area contributed by atoms with Crippen LogP contribution in [0.1, 0.15) is 33.1 Å². The van der Waals surface area contributed by atoms with E-state index in [1.165, 1.54) is 4.90 Å². The number of amides is 3. The van der Waals surface area contributed by atoms with Crippen molar-refractivity contribution in [1.29, 1.82) is 0 Å². The van der Waals surface area contributed by atoms with E-state index in [0.29, 0.717) is 19.4 Å². The van der Waals surface area contributed by atoms with Gasteiger partial charge in [-0.25, -0.2) is 4.79 Å². The Labute approximate surface area is 142 Å². The van der Waals surface area contributed by atoms with E-state index in [1.807, 2.05) is 0 Å². The maximum Gasteiger partial charge on any atom is 0.326 e. The van der Waals surface area contributed by atoms with Gasteiger partial charge >= 0.3 is 5.97 Å². The van der Waals surface area contributed by atoms with E-state index < -0.39 is 39.9 Å². The van der Waals surface area contributed by atoms with Gasteiger partial charge in [0.2, 0.25) is 17.7 Å². The van der Waals surface area contributed by atoms with Crippen molar-refractivity contribution in [3.8, 4) is 0 Å². The van der Waals surface area contributed by atoms with E-state index in [1.54, 1.807) is 13.8 Å². The Hall–Kier alpha value is -1.77. The summed E-state index contributed by atoms with van der Waals surface area (Å²) >= 11 is 0. The van der Waals surface area contributed by atoms with E-state index in [9.17, 15) is 23.4 Å². The minimum Gasteiger partial charge on any atom is -0.480 e. The molecule has 4 unspecified atom stereocenters. The average molecular weight is 358 g/mol. The molecule has 2 aliphatic rings. The Balaban J connectivity index is 1.99. The number of carbonyl (C=O) groups excluding carboxylic acids is 3. The van der Waals surface area contributed by atoms with Crippen LogP contribution in [-0.2, 0) is 30.0 Å². The third-order valence-electron chi connectivity index (χ3n) is 4.49. The summed E-state index contributed by atoms with van der Waals surface area (Å²) < 4.78 is 12.4. The summed E-state index contributed by atoms with van der Waals surface area (Å²) in [5.74, 6) is -2.91. The standard InChI is InChI=1S/C15H22N2O6S/c1-3-16-12(18)7-11(14(16)20)24(23)8-9(2)13(19)17-6-4-5-10(17)15(21)22/h9-11H,3-8H2,1-2H3,(H,21,22). The van der Waals surface area contributed by atoms with Gasteiger partial charge in [0, 0.05) is 35.6 Å². The van der Waals surface area contributed by atoms with Gasteiger partial charge in [0.15, 0.2) is 0 Å². The molecule has 1 N–H and O–H groups in total. The lowest BCUT2D eigenvalue weighted by Gasteiger charge is -2.25. The molecule has 4 atom stereocenters. The molecule has 134 valence electrons. The number of hydrogen-bond donors (Lipinski definition) is 1. The van der Waals surface area contributed by atoms with Crippen molar-refractivity contribution in [2.45, 2.75) is 44.4 Å². The number of imide groups is 1. The van der Waals surface area contributed by atoms with Gasteiger partial charge in [0.1, 0.15) is 11.3 Å². The SMILES string of the molecule is CCN1C(=O)CC(S(=O)CC(C)C(=O)N2CCCC2C(=O)O)C1=O. The lowest BCUT2D eigenvalue weighted by atomic mass is 10.1. The van der Waals surface area contributed by atoms with Gasteiger partial charge in [-0.1, -0.05) is 6.92 Å². The smallest absolute Gasteiger partial charge is 0.326 e. The highest BCUT2D eigenvalue weighted by Crippen LogP contribution is 2.23. The zero-order valence-electron chi connectivity index (χ0n) is 13.8. The molecular formula is C15H22N2O6S. The van der Waals surface area contributed by atoms with Crippen LogP contribution in [0.5, 0.6) is 0 Å². The first kappa shape index (κ1) is 18.6. The molecule has 0 aromatic carbocycles. The number of carbonyl (C=O) groups is 4. The Morgan fingerprint density at radius 3 is 2.58 bits per heavy atom. The van der Waals surface area contributed by atoms with Gasteiger partial charge in [0.25, 0.3) is 0 Å². The molecule has 0 spiro atoms. The summed E-state index contributed by atoms with van der Waals surface area (Å²) in [5.41, 5.74) is 0. The molecule has 24 heavy (non-hydrogen) atoms. The lowest BCUT2D eigenvalue weighted by molar-refractivity contribution is -0.149. The molecule has 2 rings (SSSR count). The molecule has 0 aromatic rings. The van der Waals surface area contributed by atoms with Crippen LogP contribution >= 0.6 is 0 Å². The number of carboxylic acid groups (broad SMARTS) is 1. The summed E-state index contributed by atoms with van der Waals surface area (Å²) in [6, 6.07) is -0.835. The highest BCUT2D eigenvalue weighted by atomic mass is 32.2. The molecular weight excluding hydrogens is 336 g/mol. The molecule has 2 heterocycles. The fourth-order valence-electron chi connectivity index (χ4n) is 3.19. The zero-order chi connectivity index (χ0) is 18.0. The Bertz CT molecular complexity index is 593. The normalized spacial score (nSPS) is 26.8. The second-order valence-corrected chi connectivity index (χ2v) is 7.81.